The smallest absolute Gasteiger partial charge is 0.354 e. The number of alkyl halides is 3. The predicted molar refractivity (Wildman–Crippen MR) is 144 cm³/mol. The van der Waals surface area contributed by atoms with Crippen LogP contribution in [0.4, 0.5) is 30.2 Å². The molecule has 0 aliphatic carbocycles. The third kappa shape index (κ3) is 6.00. The molecule has 1 aliphatic heterocycles. The molecule has 3 aromatic rings. The number of hydrogen-bond donors (Lipinski definition) is 2. The van der Waals surface area contributed by atoms with Crippen molar-refractivity contribution in [1.82, 2.24) is 4.90 Å². The normalized spacial score (nSPS) is 14.8. The monoisotopic (exact) mass is 544 g/mol. The zero-order valence-corrected chi connectivity index (χ0v) is 21.8. The van der Waals surface area contributed by atoms with E-state index in [-0.39, 0.29) is 17.8 Å². The summed E-state index contributed by atoms with van der Waals surface area (Å²) >= 11 is 0. The van der Waals surface area contributed by atoms with Crippen LogP contribution in [0.25, 0.3) is 11.3 Å². The number of rotatable bonds is 8. The van der Waals surface area contributed by atoms with Gasteiger partial charge in [0.05, 0.1) is 28.8 Å². The Morgan fingerprint density at radius 1 is 0.947 bits per heavy atom. The summed E-state index contributed by atoms with van der Waals surface area (Å²) in [6, 6.07) is 18.8. The van der Waals surface area contributed by atoms with E-state index in [1.54, 1.807) is 48.5 Å². The standard InChI is InChI=1S/C27H27F3N4O3S/c1-33(2)15-16-34(38(3,36)37)21-12-10-20(11-13-21)31-25(18-7-5-4-6-8-18)24-22-14-9-19(27(28,29)30)17-23(22)32-26(24)35/h4-14,17,31H,15-16H2,1-3H3,(H,32,35)/b25-24+. The molecule has 1 amide bonds. The molecule has 7 nitrogen and oxygen atoms in total. The zero-order valence-electron chi connectivity index (χ0n) is 21.0. The summed E-state index contributed by atoms with van der Waals surface area (Å²) in [5.74, 6) is -0.533. The average molecular weight is 545 g/mol. The summed E-state index contributed by atoms with van der Waals surface area (Å²) < 4.78 is 65.8. The highest BCUT2D eigenvalue weighted by Gasteiger charge is 2.35. The number of fused-ring (bicyclic) bond motifs is 1. The van der Waals surface area contributed by atoms with Gasteiger partial charge in [-0.2, -0.15) is 13.2 Å². The lowest BCUT2D eigenvalue weighted by Crippen LogP contribution is -2.35. The van der Waals surface area contributed by atoms with Gasteiger partial charge in [-0.25, -0.2) is 8.42 Å². The van der Waals surface area contributed by atoms with Gasteiger partial charge in [-0.1, -0.05) is 36.4 Å². The van der Waals surface area contributed by atoms with E-state index in [1.807, 2.05) is 25.1 Å². The van der Waals surface area contributed by atoms with E-state index in [1.165, 1.54) is 10.4 Å². The molecular weight excluding hydrogens is 517 g/mol. The van der Waals surface area contributed by atoms with E-state index >= 15 is 0 Å². The van der Waals surface area contributed by atoms with Gasteiger partial charge in [-0.05, 0) is 56.1 Å². The van der Waals surface area contributed by atoms with Crippen molar-refractivity contribution in [3.05, 3.63) is 89.5 Å². The molecule has 11 heteroatoms. The molecule has 0 fully saturated rings. The molecule has 38 heavy (non-hydrogen) atoms. The Hall–Kier alpha value is -3.83. The molecule has 1 aliphatic rings. The van der Waals surface area contributed by atoms with Gasteiger partial charge in [0.2, 0.25) is 10.0 Å². The summed E-state index contributed by atoms with van der Waals surface area (Å²) in [4.78, 5) is 14.9. The van der Waals surface area contributed by atoms with Crippen LogP contribution in [0.5, 0.6) is 0 Å². The van der Waals surface area contributed by atoms with Crippen molar-refractivity contribution in [2.45, 2.75) is 6.18 Å². The summed E-state index contributed by atoms with van der Waals surface area (Å²) in [5.41, 5.74) is 1.87. The first-order valence-corrected chi connectivity index (χ1v) is 13.5. The van der Waals surface area contributed by atoms with Crippen molar-refractivity contribution in [3.63, 3.8) is 0 Å². The molecule has 0 saturated carbocycles. The van der Waals surface area contributed by atoms with Gasteiger partial charge in [-0.3, -0.25) is 9.10 Å². The number of hydrogen-bond acceptors (Lipinski definition) is 5. The Morgan fingerprint density at radius 3 is 2.18 bits per heavy atom. The highest BCUT2D eigenvalue weighted by Crippen LogP contribution is 2.41. The summed E-state index contributed by atoms with van der Waals surface area (Å²) in [5, 5.41) is 5.77. The fraction of sp³-hybridized carbons (Fsp3) is 0.222. The van der Waals surface area contributed by atoms with Crippen LogP contribution >= 0.6 is 0 Å². The van der Waals surface area contributed by atoms with Crippen LogP contribution in [-0.4, -0.2) is 52.7 Å². The molecule has 0 radical (unpaired) electrons. The van der Waals surface area contributed by atoms with Crippen LogP contribution in [0.2, 0.25) is 0 Å². The van der Waals surface area contributed by atoms with Crippen molar-refractivity contribution in [2.24, 2.45) is 0 Å². The molecule has 3 aromatic carbocycles. The molecule has 0 saturated heterocycles. The van der Waals surface area contributed by atoms with Crippen molar-refractivity contribution in [3.8, 4) is 0 Å². The second-order valence-corrected chi connectivity index (χ2v) is 11.0. The number of amides is 1. The number of benzene rings is 3. The number of sulfonamides is 1. The topological polar surface area (TPSA) is 81.8 Å². The Balaban J connectivity index is 1.74. The maximum atomic E-state index is 13.2. The van der Waals surface area contributed by atoms with Gasteiger partial charge < -0.3 is 15.5 Å². The van der Waals surface area contributed by atoms with Gasteiger partial charge in [-0.15, -0.1) is 0 Å². The Bertz CT molecular complexity index is 1470. The second kappa shape index (κ2) is 10.5. The van der Waals surface area contributed by atoms with Crippen LogP contribution in [0, 0.1) is 0 Å². The van der Waals surface area contributed by atoms with Gasteiger partial charge in [0, 0.05) is 30.0 Å². The Labute approximate surface area is 219 Å². The van der Waals surface area contributed by atoms with Crippen molar-refractivity contribution < 1.29 is 26.4 Å². The molecule has 0 bridgehead atoms. The molecule has 200 valence electrons. The first-order valence-electron chi connectivity index (χ1n) is 11.7. The minimum absolute atomic E-state index is 0.0788. The van der Waals surface area contributed by atoms with E-state index in [0.717, 1.165) is 18.4 Å². The summed E-state index contributed by atoms with van der Waals surface area (Å²) in [6.45, 7) is 0.802. The van der Waals surface area contributed by atoms with Crippen LogP contribution in [0.15, 0.2) is 72.8 Å². The summed E-state index contributed by atoms with van der Waals surface area (Å²) in [7, 11) is 0.193. The van der Waals surface area contributed by atoms with Gasteiger partial charge in [0.25, 0.3) is 5.91 Å². The van der Waals surface area contributed by atoms with Crippen molar-refractivity contribution in [2.75, 3.05) is 48.4 Å². The molecular formula is C27H27F3N4O3S. The number of halogens is 3. The van der Waals surface area contributed by atoms with Gasteiger partial charge >= 0.3 is 6.18 Å². The number of nitrogens with zero attached hydrogens (tertiary/aromatic N) is 2. The Morgan fingerprint density at radius 2 is 1.61 bits per heavy atom. The maximum absolute atomic E-state index is 13.2. The predicted octanol–water partition coefficient (Wildman–Crippen LogP) is 4.97. The summed E-state index contributed by atoms with van der Waals surface area (Å²) in [6.07, 6.45) is -3.39. The third-order valence-electron chi connectivity index (χ3n) is 5.98. The lowest BCUT2D eigenvalue weighted by molar-refractivity contribution is -0.137. The molecule has 0 spiro atoms. The second-order valence-electron chi connectivity index (χ2n) is 9.14. The fourth-order valence-electron chi connectivity index (χ4n) is 4.11. The molecule has 2 N–H and O–H groups in total. The first-order chi connectivity index (χ1) is 17.8. The van der Waals surface area contributed by atoms with Gasteiger partial charge in [0.1, 0.15) is 0 Å². The van der Waals surface area contributed by atoms with Crippen LogP contribution in [0.3, 0.4) is 0 Å². The largest absolute Gasteiger partial charge is 0.416 e. The fourth-order valence-corrected chi connectivity index (χ4v) is 5.03. The molecule has 0 aromatic heterocycles. The minimum Gasteiger partial charge on any atom is -0.354 e. The number of likely N-dealkylation sites (N-methyl/N-ethyl adjacent to an activating group) is 1. The molecule has 1 heterocycles. The lowest BCUT2D eigenvalue weighted by atomic mass is 9.99. The van der Waals surface area contributed by atoms with Crippen LogP contribution in [-0.2, 0) is 21.0 Å². The van der Waals surface area contributed by atoms with E-state index in [0.29, 0.717) is 34.7 Å². The number of carbonyl (C=O) groups excluding carboxylic acids is 1. The number of carbonyl (C=O) groups is 1. The zero-order chi connectivity index (χ0) is 27.7. The third-order valence-corrected chi connectivity index (χ3v) is 7.17. The van der Waals surface area contributed by atoms with Crippen molar-refractivity contribution in [1.29, 1.82) is 0 Å². The number of nitrogens with one attached hydrogen (secondary N) is 2. The van der Waals surface area contributed by atoms with Gasteiger partial charge in [0.15, 0.2) is 0 Å². The highest BCUT2D eigenvalue weighted by atomic mass is 32.2. The van der Waals surface area contributed by atoms with E-state index < -0.39 is 27.7 Å². The van der Waals surface area contributed by atoms with Crippen LogP contribution < -0.4 is 14.9 Å². The maximum Gasteiger partial charge on any atom is 0.416 e. The minimum atomic E-state index is -4.54. The molecule has 0 unspecified atom stereocenters. The quantitative estimate of drug-likeness (QED) is 0.392. The lowest BCUT2D eigenvalue weighted by Gasteiger charge is -2.24. The van der Waals surface area contributed by atoms with E-state index in [9.17, 15) is 26.4 Å². The van der Waals surface area contributed by atoms with E-state index in [4.69, 9.17) is 0 Å². The molecule has 0 atom stereocenters. The number of anilines is 3. The first kappa shape index (κ1) is 27.2. The van der Waals surface area contributed by atoms with Crippen LogP contribution in [0.1, 0.15) is 16.7 Å². The van der Waals surface area contributed by atoms with Crippen molar-refractivity contribution >= 4 is 44.3 Å². The SMILES string of the molecule is CN(C)CCN(c1ccc(N/C(=C2/C(=O)Nc3cc(C(F)(F)F)ccc32)c2ccccc2)cc1)S(C)(=O)=O. The van der Waals surface area contributed by atoms with E-state index in [2.05, 4.69) is 10.6 Å². The highest BCUT2D eigenvalue weighted by molar-refractivity contribution is 7.92. The molecule has 4 rings (SSSR count). The Kier molecular flexibility index (Phi) is 7.52. The average Bonchev–Trinajstić information content (AvgIpc) is 3.17.